The monoisotopic (exact) mass is 182 g/mol. The van der Waals surface area contributed by atoms with Crippen LogP contribution in [0.2, 0.25) is 0 Å². The molecule has 1 saturated carbocycles. The van der Waals surface area contributed by atoms with Gasteiger partial charge in [-0.1, -0.05) is 0 Å². The molecule has 13 heavy (non-hydrogen) atoms. The molecule has 2 atom stereocenters. The summed E-state index contributed by atoms with van der Waals surface area (Å²) in [6.45, 7) is 3.14. The van der Waals surface area contributed by atoms with Gasteiger partial charge in [0.1, 0.15) is 0 Å². The molecule has 4 nitrogen and oxygen atoms in total. The normalized spacial score (nSPS) is 42.8. The second-order valence-electron chi connectivity index (χ2n) is 4.41. The Balaban J connectivity index is 1.59. The minimum atomic E-state index is -0.263. The van der Waals surface area contributed by atoms with Crippen LogP contribution in [0.1, 0.15) is 0 Å². The first-order valence-electron chi connectivity index (χ1n) is 4.95. The highest BCUT2D eigenvalue weighted by atomic mass is 16.3. The molecule has 2 N–H and O–H groups in total. The minimum absolute atomic E-state index is 0.263. The Morgan fingerprint density at radius 1 is 1.31 bits per heavy atom. The summed E-state index contributed by atoms with van der Waals surface area (Å²) in [5, 5.41) is 12.3. The van der Waals surface area contributed by atoms with Crippen LogP contribution in [-0.2, 0) is 4.79 Å². The van der Waals surface area contributed by atoms with Gasteiger partial charge >= 0.3 is 0 Å². The van der Waals surface area contributed by atoms with E-state index in [1.54, 1.807) is 4.90 Å². The number of fused-ring (bicyclic) bond motifs is 1. The number of carbonyl (C=O) groups excluding carboxylic acids is 1. The van der Waals surface area contributed by atoms with E-state index in [0.29, 0.717) is 24.9 Å². The fourth-order valence-corrected chi connectivity index (χ4v) is 2.63. The zero-order valence-corrected chi connectivity index (χ0v) is 7.44. The van der Waals surface area contributed by atoms with Crippen molar-refractivity contribution < 1.29 is 9.90 Å². The number of aliphatic hydroxyl groups is 1. The second-order valence-corrected chi connectivity index (χ2v) is 4.41. The molecular formula is C9H14N2O2. The van der Waals surface area contributed by atoms with Gasteiger partial charge in [-0.05, 0) is 24.9 Å². The Hall–Kier alpha value is -0.610. The molecule has 2 heterocycles. The van der Waals surface area contributed by atoms with Gasteiger partial charge in [0.2, 0.25) is 5.91 Å². The smallest absolute Gasteiger partial charge is 0.226 e. The van der Waals surface area contributed by atoms with Crippen molar-refractivity contribution in [2.45, 2.75) is 6.10 Å². The SMILES string of the molecule is O=C(C1C2CNCC21)N1CC(O)C1. The maximum absolute atomic E-state index is 11.7. The minimum Gasteiger partial charge on any atom is -0.389 e. The first-order chi connectivity index (χ1) is 6.27. The van der Waals surface area contributed by atoms with Crippen LogP contribution in [0.5, 0.6) is 0 Å². The van der Waals surface area contributed by atoms with E-state index in [4.69, 9.17) is 5.11 Å². The van der Waals surface area contributed by atoms with E-state index >= 15 is 0 Å². The van der Waals surface area contributed by atoms with Crippen molar-refractivity contribution in [2.75, 3.05) is 26.2 Å². The fraction of sp³-hybridized carbons (Fsp3) is 0.889. The zero-order valence-electron chi connectivity index (χ0n) is 7.44. The van der Waals surface area contributed by atoms with Crippen molar-refractivity contribution in [3.05, 3.63) is 0 Å². The number of nitrogens with zero attached hydrogens (tertiary/aromatic N) is 1. The van der Waals surface area contributed by atoms with Gasteiger partial charge < -0.3 is 15.3 Å². The van der Waals surface area contributed by atoms with Crippen molar-refractivity contribution in [1.82, 2.24) is 10.2 Å². The van der Waals surface area contributed by atoms with Gasteiger partial charge in [-0.15, -0.1) is 0 Å². The van der Waals surface area contributed by atoms with Gasteiger partial charge in [-0.2, -0.15) is 0 Å². The average Bonchev–Trinajstić information content (AvgIpc) is 2.53. The molecule has 0 bridgehead atoms. The van der Waals surface area contributed by atoms with Crippen molar-refractivity contribution in [3.63, 3.8) is 0 Å². The molecule has 0 aromatic rings. The van der Waals surface area contributed by atoms with E-state index in [2.05, 4.69) is 5.32 Å². The van der Waals surface area contributed by atoms with E-state index in [9.17, 15) is 4.79 Å². The van der Waals surface area contributed by atoms with Gasteiger partial charge in [-0.25, -0.2) is 0 Å². The van der Waals surface area contributed by atoms with E-state index in [1.165, 1.54) is 0 Å². The molecule has 3 fully saturated rings. The molecule has 72 valence electrons. The second kappa shape index (κ2) is 2.45. The molecule has 0 aromatic heterocycles. The molecule has 0 spiro atoms. The third-order valence-corrected chi connectivity index (χ3v) is 3.55. The molecule has 2 saturated heterocycles. The molecule has 1 amide bonds. The van der Waals surface area contributed by atoms with Crippen LogP contribution in [-0.4, -0.2) is 48.2 Å². The fourth-order valence-electron chi connectivity index (χ4n) is 2.63. The number of hydrogen-bond donors (Lipinski definition) is 2. The molecule has 0 aromatic carbocycles. The summed E-state index contributed by atoms with van der Waals surface area (Å²) in [7, 11) is 0. The van der Waals surface area contributed by atoms with Crippen LogP contribution in [0.15, 0.2) is 0 Å². The third-order valence-electron chi connectivity index (χ3n) is 3.55. The summed E-state index contributed by atoms with van der Waals surface area (Å²) in [5.41, 5.74) is 0. The van der Waals surface area contributed by atoms with Gasteiger partial charge in [0.15, 0.2) is 0 Å². The number of rotatable bonds is 1. The largest absolute Gasteiger partial charge is 0.389 e. The summed E-state index contributed by atoms with van der Waals surface area (Å²) in [6.07, 6.45) is -0.263. The number of aliphatic hydroxyl groups excluding tert-OH is 1. The van der Waals surface area contributed by atoms with E-state index < -0.39 is 0 Å². The molecule has 2 aliphatic heterocycles. The predicted molar refractivity (Wildman–Crippen MR) is 45.9 cm³/mol. The number of amides is 1. The average molecular weight is 182 g/mol. The van der Waals surface area contributed by atoms with Gasteiger partial charge in [0, 0.05) is 19.0 Å². The Bertz CT molecular complexity index is 240. The first kappa shape index (κ1) is 7.76. The van der Waals surface area contributed by atoms with Gasteiger partial charge in [-0.3, -0.25) is 4.79 Å². The van der Waals surface area contributed by atoms with Crippen molar-refractivity contribution in [3.8, 4) is 0 Å². The topological polar surface area (TPSA) is 52.6 Å². The number of piperidine rings is 1. The molecule has 1 aliphatic carbocycles. The lowest BCUT2D eigenvalue weighted by molar-refractivity contribution is -0.143. The van der Waals surface area contributed by atoms with Crippen molar-refractivity contribution in [2.24, 2.45) is 17.8 Å². The molecule has 4 heteroatoms. The standard InChI is InChI=1S/C9H14N2O2/c12-5-3-11(4-5)9(13)8-6-1-10-2-7(6)8/h5-8,10,12H,1-4H2. The van der Waals surface area contributed by atoms with Gasteiger partial charge in [0.25, 0.3) is 0 Å². The number of hydrogen-bond acceptors (Lipinski definition) is 3. The highest BCUT2D eigenvalue weighted by molar-refractivity contribution is 5.83. The third kappa shape index (κ3) is 1.02. The molecule has 0 radical (unpaired) electrons. The number of β-amino-alcohol motifs (C(OH)–C–C–N with tert-alkyl or cyclic N) is 1. The molecule has 3 rings (SSSR count). The number of carbonyl (C=O) groups is 1. The predicted octanol–water partition coefficient (Wildman–Crippen LogP) is -1.35. The Morgan fingerprint density at radius 2 is 1.92 bits per heavy atom. The first-order valence-corrected chi connectivity index (χ1v) is 4.95. The Kier molecular flexibility index (Phi) is 1.46. The maximum Gasteiger partial charge on any atom is 0.226 e. The van der Waals surface area contributed by atoms with Crippen LogP contribution in [0.3, 0.4) is 0 Å². The number of nitrogens with one attached hydrogen (secondary N) is 1. The highest BCUT2D eigenvalue weighted by Gasteiger charge is 2.58. The summed E-state index contributed by atoms with van der Waals surface area (Å²) >= 11 is 0. The summed E-state index contributed by atoms with van der Waals surface area (Å²) in [5.74, 6) is 1.77. The summed E-state index contributed by atoms with van der Waals surface area (Å²) in [6, 6.07) is 0. The van der Waals surface area contributed by atoms with E-state index in [0.717, 1.165) is 13.1 Å². The van der Waals surface area contributed by atoms with Gasteiger partial charge in [0.05, 0.1) is 6.10 Å². The molecular weight excluding hydrogens is 168 g/mol. The van der Waals surface area contributed by atoms with E-state index in [-0.39, 0.29) is 17.9 Å². The molecule has 3 aliphatic rings. The summed E-state index contributed by atoms with van der Waals surface area (Å²) < 4.78 is 0. The van der Waals surface area contributed by atoms with Crippen LogP contribution in [0.4, 0.5) is 0 Å². The lowest BCUT2D eigenvalue weighted by atomic mass is 10.1. The maximum atomic E-state index is 11.7. The Labute approximate surface area is 76.9 Å². The molecule has 2 unspecified atom stereocenters. The van der Waals surface area contributed by atoms with Crippen LogP contribution < -0.4 is 5.32 Å². The van der Waals surface area contributed by atoms with Crippen molar-refractivity contribution in [1.29, 1.82) is 0 Å². The Morgan fingerprint density at radius 3 is 2.46 bits per heavy atom. The quantitative estimate of drug-likeness (QED) is 0.527. The van der Waals surface area contributed by atoms with Crippen LogP contribution >= 0.6 is 0 Å². The van der Waals surface area contributed by atoms with E-state index in [1.807, 2.05) is 0 Å². The lowest BCUT2D eigenvalue weighted by Crippen LogP contribution is -2.54. The highest BCUT2D eigenvalue weighted by Crippen LogP contribution is 2.49. The lowest BCUT2D eigenvalue weighted by Gasteiger charge is -2.36. The zero-order chi connectivity index (χ0) is 9.00. The van der Waals surface area contributed by atoms with Crippen LogP contribution in [0.25, 0.3) is 0 Å². The van der Waals surface area contributed by atoms with Crippen LogP contribution in [0, 0.1) is 17.8 Å². The number of likely N-dealkylation sites (tertiary alicyclic amines) is 1. The van der Waals surface area contributed by atoms with Crippen molar-refractivity contribution >= 4 is 5.91 Å². The summed E-state index contributed by atoms with van der Waals surface area (Å²) in [4.78, 5) is 13.5.